The summed E-state index contributed by atoms with van der Waals surface area (Å²) in [5, 5.41) is 2.84. The predicted molar refractivity (Wildman–Crippen MR) is 151 cm³/mol. The first kappa shape index (κ1) is 27.7. The zero-order valence-corrected chi connectivity index (χ0v) is 23.3. The SMILES string of the molecule is CCNC(=O)C(Cc1ccccc1)N(Cc1ccccc1)C(=O)CN(c1ccc(I)cc1)S(C)(=O)=O. The van der Waals surface area contributed by atoms with E-state index in [0.717, 1.165) is 25.3 Å². The number of hydrogen-bond acceptors (Lipinski definition) is 4. The third-order valence-corrected chi connectivity index (χ3v) is 7.47. The Bertz CT molecular complexity index is 1250. The van der Waals surface area contributed by atoms with Gasteiger partial charge < -0.3 is 10.2 Å². The maximum absolute atomic E-state index is 13.8. The molecule has 0 saturated heterocycles. The molecule has 0 aromatic heterocycles. The Labute approximate surface area is 226 Å². The summed E-state index contributed by atoms with van der Waals surface area (Å²) in [4.78, 5) is 28.5. The van der Waals surface area contributed by atoms with Gasteiger partial charge in [-0.2, -0.15) is 0 Å². The first-order chi connectivity index (χ1) is 17.2. The second-order valence-corrected chi connectivity index (χ2v) is 11.5. The van der Waals surface area contributed by atoms with Crippen molar-refractivity contribution < 1.29 is 18.0 Å². The highest BCUT2D eigenvalue weighted by molar-refractivity contribution is 14.1. The van der Waals surface area contributed by atoms with Gasteiger partial charge in [0.15, 0.2) is 0 Å². The minimum Gasteiger partial charge on any atom is -0.355 e. The maximum Gasteiger partial charge on any atom is 0.244 e. The fourth-order valence-corrected chi connectivity index (χ4v) is 5.06. The summed E-state index contributed by atoms with van der Waals surface area (Å²) < 4.78 is 27.4. The molecule has 1 unspecified atom stereocenters. The van der Waals surface area contributed by atoms with Crippen LogP contribution < -0.4 is 9.62 Å². The normalized spacial score (nSPS) is 12.0. The van der Waals surface area contributed by atoms with E-state index in [2.05, 4.69) is 27.9 Å². The number of hydrogen-bond donors (Lipinski definition) is 1. The Balaban J connectivity index is 2.00. The lowest BCUT2D eigenvalue weighted by Crippen LogP contribution is -2.53. The highest BCUT2D eigenvalue weighted by atomic mass is 127. The van der Waals surface area contributed by atoms with E-state index in [4.69, 9.17) is 0 Å². The number of carbonyl (C=O) groups excluding carboxylic acids is 2. The molecule has 190 valence electrons. The molecule has 0 radical (unpaired) electrons. The maximum atomic E-state index is 13.8. The van der Waals surface area contributed by atoms with Gasteiger partial charge in [-0.15, -0.1) is 0 Å². The minimum absolute atomic E-state index is 0.165. The highest BCUT2D eigenvalue weighted by Crippen LogP contribution is 2.21. The van der Waals surface area contributed by atoms with Gasteiger partial charge in [-0.1, -0.05) is 60.7 Å². The molecular formula is C27H30IN3O4S. The van der Waals surface area contributed by atoms with E-state index < -0.39 is 28.5 Å². The summed E-state index contributed by atoms with van der Waals surface area (Å²) >= 11 is 2.14. The molecule has 7 nitrogen and oxygen atoms in total. The Hall–Kier alpha value is -2.92. The summed E-state index contributed by atoms with van der Waals surface area (Å²) in [6.45, 7) is 1.98. The molecule has 0 bridgehead atoms. The van der Waals surface area contributed by atoms with Gasteiger partial charge in [-0.3, -0.25) is 13.9 Å². The van der Waals surface area contributed by atoms with Crippen LogP contribution in [0.4, 0.5) is 5.69 Å². The molecule has 9 heteroatoms. The molecule has 0 heterocycles. The van der Waals surface area contributed by atoms with Crippen molar-refractivity contribution in [1.29, 1.82) is 0 Å². The number of likely N-dealkylation sites (N-methyl/N-ethyl adjacent to an activating group) is 1. The number of nitrogens with zero attached hydrogens (tertiary/aromatic N) is 2. The average molecular weight is 620 g/mol. The van der Waals surface area contributed by atoms with E-state index >= 15 is 0 Å². The zero-order chi connectivity index (χ0) is 26.1. The Morgan fingerprint density at radius 3 is 1.97 bits per heavy atom. The van der Waals surface area contributed by atoms with Gasteiger partial charge in [0.2, 0.25) is 21.8 Å². The van der Waals surface area contributed by atoms with E-state index in [-0.39, 0.29) is 12.5 Å². The summed E-state index contributed by atoms with van der Waals surface area (Å²) in [6, 6.07) is 24.9. The van der Waals surface area contributed by atoms with E-state index in [0.29, 0.717) is 18.7 Å². The van der Waals surface area contributed by atoms with Crippen molar-refractivity contribution in [2.75, 3.05) is 23.7 Å². The number of halogens is 1. The van der Waals surface area contributed by atoms with Gasteiger partial charge in [0.25, 0.3) is 0 Å². The van der Waals surface area contributed by atoms with Crippen LogP contribution in [-0.4, -0.2) is 50.5 Å². The van der Waals surface area contributed by atoms with Crippen molar-refractivity contribution in [2.45, 2.75) is 25.9 Å². The number of benzene rings is 3. The van der Waals surface area contributed by atoms with Crippen molar-refractivity contribution in [3.8, 4) is 0 Å². The third kappa shape index (κ3) is 7.79. The number of anilines is 1. The Morgan fingerprint density at radius 2 is 1.44 bits per heavy atom. The topological polar surface area (TPSA) is 86.8 Å². The zero-order valence-electron chi connectivity index (χ0n) is 20.3. The van der Waals surface area contributed by atoms with Crippen LogP contribution in [0, 0.1) is 3.57 Å². The Kier molecular flexibility index (Phi) is 9.89. The fraction of sp³-hybridized carbons (Fsp3) is 0.259. The predicted octanol–water partition coefficient (Wildman–Crippen LogP) is 3.83. The van der Waals surface area contributed by atoms with Gasteiger partial charge in [-0.25, -0.2) is 8.42 Å². The number of nitrogens with one attached hydrogen (secondary N) is 1. The van der Waals surface area contributed by atoms with E-state index in [1.54, 1.807) is 24.3 Å². The second kappa shape index (κ2) is 12.9. The highest BCUT2D eigenvalue weighted by Gasteiger charge is 2.32. The molecule has 0 aliphatic rings. The van der Waals surface area contributed by atoms with Crippen LogP contribution in [0.3, 0.4) is 0 Å². The number of rotatable bonds is 11. The van der Waals surface area contributed by atoms with Crippen LogP contribution in [-0.2, 0) is 32.6 Å². The Morgan fingerprint density at radius 1 is 0.889 bits per heavy atom. The molecule has 2 amide bonds. The lowest BCUT2D eigenvalue weighted by atomic mass is 10.0. The molecule has 3 rings (SSSR count). The van der Waals surface area contributed by atoms with Crippen LogP contribution in [0.25, 0.3) is 0 Å². The van der Waals surface area contributed by atoms with Crippen molar-refractivity contribution in [1.82, 2.24) is 10.2 Å². The van der Waals surface area contributed by atoms with Crippen molar-refractivity contribution in [2.24, 2.45) is 0 Å². The summed E-state index contributed by atoms with van der Waals surface area (Å²) in [5.74, 6) is -0.749. The van der Waals surface area contributed by atoms with Gasteiger partial charge in [0.1, 0.15) is 12.6 Å². The quantitative estimate of drug-likeness (QED) is 0.331. The molecule has 3 aromatic rings. The van der Waals surface area contributed by atoms with Gasteiger partial charge >= 0.3 is 0 Å². The van der Waals surface area contributed by atoms with Crippen molar-refractivity contribution in [3.05, 3.63) is 99.6 Å². The number of amides is 2. The van der Waals surface area contributed by atoms with Gasteiger partial charge in [0.05, 0.1) is 11.9 Å². The minimum atomic E-state index is -3.76. The smallest absolute Gasteiger partial charge is 0.244 e. The molecule has 36 heavy (non-hydrogen) atoms. The lowest BCUT2D eigenvalue weighted by Gasteiger charge is -2.33. The lowest BCUT2D eigenvalue weighted by molar-refractivity contribution is -0.140. The second-order valence-electron chi connectivity index (χ2n) is 8.35. The summed E-state index contributed by atoms with van der Waals surface area (Å²) in [7, 11) is -3.76. The largest absolute Gasteiger partial charge is 0.355 e. The molecule has 0 saturated carbocycles. The molecule has 0 aliphatic carbocycles. The summed E-state index contributed by atoms with van der Waals surface area (Å²) in [5.41, 5.74) is 2.13. The first-order valence-electron chi connectivity index (χ1n) is 11.6. The van der Waals surface area contributed by atoms with E-state index in [1.807, 2.05) is 67.6 Å². The van der Waals surface area contributed by atoms with Crippen LogP contribution in [0.15, 0.2) is 84.9 Å². The van der Waals surface area contributed by atoms with Crippen LogP contribution in [0.1, 0.15) is 18.1 Å². The molecule has 0 fully saturated rings. The van der Waals surface area contributed by atoms with Crippen LogP contribution in [0.5, 0.6) is 0 Å². The van der Waals surface area contributed by atoms with Crippen molar-refractivity contribution >= 4 is 50.1 Å². The molecule has 1 N–H and O–H groups in total. The molecule has 0 aliphatic heterocycles. The van der Waals surface area contributed by atoms with Crippen LogP contribution in [0.2, 0.25) is 0 Å². The molecular weight excluding hydrogens is 589 g/mol. The fourth-order valence-electron chi connectivity index (χ4n) is 3.85. The number of sulfonamides is 1. The van der Waals surface area contributed by atoms with Gasteiger partial charge in [-0.05, 0) is 64.9 Å². The summed E-state index contributed by atoms with van der Waals surface area (Å²) in [6.07, 6.45) is 1.37. The molecule has 3 aromatic carbocycles. The van der Waals surface area contributed by atoms with E-state index in [9.17, 15) is 18.0 Å². The first-order valence-corrected chi connectivity index (χ1v) is 14.5. The standard InChI is InChI=1S/C27H30IN3O4S/c1-3-29-27(33)25(18-21-10-6-4-7-11-21)30(19-22-12-8-5-9-13-22)26(32)20-31(36(2,34)35)24-16-14-23(28)15-17-24/h4-17,25H,3,18-20H2,1-2H3,(H,29,33). The molecule has 0 spiro atoms. The van der Waals surface area contributed by atoms with Gasteiger partial charge in [0, 0.05) is 23.1 Å². The third-order valence-electron chi connectivity index (χ3n) is 5.61. The number of carbonyl (C=O) groups is 2. The average Bonchev–Trinajstić information content (AvgIpc) is 2.86. The van der Waals surface area contributed by atoms with Crippen molar-refractivity contribution in [3.63, 3.8) is 0 Å². The monoisotopic (exact) mass is 619 g/mol. The van der Waals surface area contributed by atoms with E-state index in [1.165, 1.54) is 4.90 Å². The van der Waals surface area contributed by atoms with Crippen LogP contribution >= 0.6 is 22.6 Å². The molecule has 1 atom stereocenters.